The van der Waals surface area contributed by atoms with Crippen molar-refractivity contribution in [2.45, 2.75) is 44.4 Å². The molecule has 15 heavy (non-hydrogen) atoms. The molecule has 0 spiro atoms. The van der Waals surface area contributed by atoms with Crippen LogP contribution in [0.5, 0.6) is 0 Å². The fourth-order valence-corrected chi connectivity index (χ4v) is 2.49. The van der Waals surface area contributed by atoms with Gasteiger partial charge >= 0.3 is 0 Å². The van der Waals surface area contributed by atoms with Crippen LogP contribution in [0.3, 0.4) is 0 Å². The Balaban J connectivity index is 2.36. The van der Waals surface area contributed by atoms with Crippen molar-refractivity contribution < 1.29 is 0 Å². The minimum absolute atomic E-state index is 0.397. The molecule has 0 aromatic heterocycles. The predicted octanol–water partition coefficient (Wildman–Crippen LogP) is 2.20. The molecule has 1 heterocycles. The highest BCUT2D eigenvalue weighted by Crippen LogP contribution is 2.23. The lowest BCUT2D eigenvalue weighted by atomic mass is 10.1. The van der Waals surface area contributed by atoms with Crippen molar-refractivity contribution in [3.63, 3.8) is 0 Å². The Morgan fingerprint density at radius 1 is 1.47 bits per heavy atom. The molecule has 0 bridgehead atoms. The SMILES string of the molecule is CCCC1CN(CC(C)(C)SC)CCN1. The highest BCUT2D eigenvalue weighted by molar-refractivity contribution is 7.99. The third-order valence-electron chi connectivity index (χ3n) is 3.13. The molecule has 0 aromatic carbocycles. The molecular weight excluding hydrogens is 204 g/mol. The second-order valence-electron chi connectivity index (χ2n) is 5.14. The lowest BCUT2D eigenvalue weighted by molar-refractivity contribution is 0.183. The number of hydrogen-bond acceptors (Lipinski definition) is 3. The first-order valence-corrected chi connectivity index (χ1v) is 7.31. The minimum atomic E-state index is 0.397. The summed E-state index contributed by atoms with van der Waals surface area (Å²) in [5.41, 5.74) is 0. The summed E-state index contributed by atoms with van der Waals surface area (Å²) in [5, 5.41) is 3.61. The van der Waals surface area contributed by atoms with Gasteiger partial charge in [-0.3, -0.25) is 4.90 Å². The molecule has 0 saturated carbocycles. The average Bonchev–Trinajstić information content (AvgIpc) is 2.18. The maximum atomic E-state index is 3.61. The number of nitrogens with one attached hydrogen (secondary N) is 1. The maximum Gasteiger partial charge on any atom is 0.0227 e. The van der Waals surface area contributed by atoms with Crippen molar-refractivity contribution in [3.05, 3.63) is 0 Å². The number of piperazine rings is 1. The Hall–Kier alpha value is 0.270. The van der Waals surface area contributed by atoms with E-state index < -0.39 is 0 Å². The van der Waals surface area contributed by atoms with Gasteiger partial charge in [0.1, 0.15) is 0 Å². The van der Waals surface area contributed by atoms with Gasteiger partial charge in [0.15, 0.2) is 0 Å². The molecule has 3 heteroatoms. The van der Waals surface area contributed by atoms with Gasteiger partial charge in [0.2, 0.25) is 0 Å². The fourth-order valence-electron chi connectivity index (χ4n) is 2.18. The lowest BCUT2D eigenvalue weighted by Crippen LogP contribution is -2.53. The van der Waals surface area contributed by atoms with E-state index in [2.05, 4.69) is 37.2 Å². The maximum absolute atomic E-state index is 3.61. The van der Waals surface area contributed by atoms with Crippen molar-refractivity contribution in [1.29, 1.82) is 0 Å². The van der Waals surface area contributed by atoms with E-state index in [1.54, 1.807) is 0 Å². The van der Waals surface area contributed by atoms with E-state index in [9.17, 15) is 0 Å². The molecule has 0 aromatic rings. The molecular formula is C12H26N2S. The van der Waals surface area contributed by atoms with Crippen LogP contribution in [0.2, 0.25) is 0 Å². The summed E-state index contributed by atoms with van der Waals surface area (Å²) >= 11 is 1.97. The summed E-state index contributed by atoms with van der Waals surface area (Å²) < 4.78 is 0.397. The van der Waals surface area contributed by atoms with E-state index in [-0.39, 0.29) is 0 Å². The van der Waals surface area contributed by atoms with E-state index in [0.29, 0.717) is 4.75 Å². The van der Waals surface area contributed by atoms with Gasteiger partial charge in [-0.2, -0.15) is 11.8 Å². The number of rotatable bonds is 5. The average molecular weight is 230 g/mol. The number of thioether (sulfide) groups is 1. The molecule has 1 atom stereocenters. The molecule has 0 radical (unpaired) electrons. The third kappa shape index (κ3) is 4.75. The van der Waals surface area contributed by atoms with Crippen LogP contribution >= 0.6 is 11.8 Å². The summed E-state index contributed by atoms with van der Waals surface area (Å²) in [6, 6.07) is 0.724. The van der Waals surface area contributed by atoms with Gasteiger partial charge in [-0.25, -0.2) is 0 Å². The van der Waals surface area contributed by atoms with Crippen molar-refractivity contribution >= 4 is 11.8 Å². The standard InChI is InChI=1S/C12H26N2S/c1-5-6-11-9-14(8-7-13-11)10-12(2,3)15-4/h11,13H,5-10H2,1-4H3. The zero-order valence-corrected chi connectivity index (χ0v) is 11.5. The van der Waals surface area contributed by atoms with Crippen LogP contribution in [0.25, 0.3) is 0 Å². The van der Waals surface area contributed by atoms with Gasteiger partial charge in [-0.1, -0.05) is 13.3 Å². The number of hydrogen-bond donors (Lipinski definition) is 1. The van der Waals surface area contributed by atoms with Gasteiger partial charge in [0.05, 0.1) is 0 Å². The normalized spacial score (nSPS) is 24.4. The first kappa shape index (κ1) is 13.3. The highest BCUT2D eigenvalue weighted by atomic mass is 32.2. The van der Waals surface area contributed by atoms with Crippen molar-refractivity contribution in [1.82, 2.24) is 10.2 Å². The van der Waals surface area contributed by atoms with E-state index in [0.717, 1.165) is 12.6 Å². The third-order valence-corrected chi connectivity index (χ3v) is 4.37. The van der Waals surface area contributed by atoms with Crippen LogP contribution in [-0.4, -0.2) is 48.1 Å². The minimum Gasteiger partial charge on any atom is -0.311 e. The Bertz CT molecular complexity index is 180. The van der Waals surface area contributed by atoms with Crippen LogP contribution in [0.1, 0.15) is 33.6 Å². The molecule has 1 saturated heterocycles. The quantitative estimate of drug-likeness (QED) is 0.779. The Kier molecular flexibility index (Phi) is 5.44. The molecule has 1 rings (SSSR count). The van der Waals surface area contributed by atoms with Crippen molar-refractivity contribution in [2.24, 2.45) is 0 Å². The van der Waals surface area contributed by atoms with Gasteiger partial charge in [0, 0.05) is 37.0 Å². The zero-order chi connectivity index (χ0) is 11.3. The van der Waals surface area contributed by atoms with Crippen LogP contribution in [0.4, 0.5) is 0 Å². The fraction of sp³-hybridized carbons (Fsp3) is 1.00. The van der Waals surface area contributed by atoms with E-state index in [1.165, 1.54) is 32.5 Å². The Morgan fingerprint density at radius 2 is 2.20 bits per heavy atom. The predicted molar refractivity (Wildman–Crippen MR) is 70.7 cm³/mol. The van der Waals surface area contributed by atoms with E-state index in [4.69, 9.17) is 0 Å². The molecule has 0 amide bonds. The van der Waals surface area contributed by atoms with Crippen LogP contribution in [0.15, 0.2) is 0 Å². The van der Waals surface area contributed by atoms with Gasteiger partial charge < -0.3 is 5.32 Å². The Morgan fingerprint density at radius 3 is 2.80 bits per heavy atom. The molecule has 1 aliphatic rings. The van der Waals surface area contributed by atoms with Crippen molar-refractivity contribution in [2.75, 3.05) is 32.4 Å². The second kappa shape index (κ2) is 6.12. The molecule has 1 N–H and O–H groups in total. The first-order chi connectivity index (χ1) is 7.07. The van der Waals surface area contributed by atoms with Crippen LogP contribution in [-0.2, 0) is 0 Å². The van der Waals surface area contributed by atoms with Gasteiger partial charge in [-0.15, -0.1) is 0 Å². The van der Waals surface area contributed by atoms with Crippen LogP contribution < -0.4 is 5.32 Å². The highest BCUT2D eigenvalue weighted by Gasteiger charge is 2.24. The smallest absolute Gasteiger partial charge is 0.0227 e. The van der Waals surface area contributed by atoms with Crippen LogP contribution in [0, 0.1) is 0 Å². The summed E-state index contributed by atoms with van der Waals surface area (Å²) in [4.78, 5) is 2.62. The Labute approximate surface area is 99.2 Å². The topological polar surface area (TPSA) is 15.3 Å². The molecule has 1 unspecified atom stereocenters. The van der Waals surface area contributed by atoms with E-state index in [1.807, 2.05) is 11.8 Å². The van der Waals surface area contributed by atoms with Crippen molar-refractivity contribution in [3.8, 4) is 0 Å². The molecule has 90 valence electrons. The monoisotopic (exact) mass is 230 g/mol. The largest absolute Gasteiger partial charge is 0.311 e. The molecule has 0 aliphatic carbocycles. The second-order valence-corrected chi connectivity index (χ2v) is 6.65. The van der Waals surface area contributed by atoms with Gasteiger partial charge in [-0.05, 0) is 26.5 Å². The van der Waals surface area contributed by atoms with Gasteiger partial charge in [0.25, 0.3) is 0 Å². The van der Waals surface area contributed by atoms with E-state index >= 15 is 0 Å². The summed E-state index contributed by atoms with van der Waals surface area (Å²) in [5.74, 6) is 0. The molecule has 1 fully saturated rings. The summed E-state index contributed by atoms with van der Waals surface area (Å²) in [6.45, 7) is 11.8. The number of nitrogens with zero attached hydrogens (tertiary/aromatic N) is 1. The molecule has 1 aliphatic heterocycles. The molecule has 2 nitrogen and oxygen atoms in total. The first-order valence-electron chi connectivity index (χ1n) is 6.08. The zero-order valence-electron chi connectivity index (χ0n) is 10.7. The summed E-state index contributed by atoms with van der Waals surface area (Å²) in [6.07, 6.45) is 4.82. The summed E-state index contributed by atoms with van der Waals surface area (Å²) in [7, 11) is 0. The lowest BCUT2D eigenvalue weighted by Gasteiger charge is -2.38.